The van der Waals surface area contributed by atoms with Crippen molar-refractivity contribution in [1.82, 2.24) is 4.72 Å². The Morgan fingerprint density at radius 3 is 2.90 bits per heavy atom. The Kier molecular flexibility index (Phi) is 7.39. The average molecular weight is 459 g/mol. The molecule has 6 heteroatoms. The number of hydrogen-bond donors (Lipinski definition) is 2. The van der Waals surface area contributed by atoms with Gasteiger partial charge in [-0.15, -0.1) is 11.3 Å². The molecule has 3 nitrogen and oxygen atoms in total. The van der Waals surface area contributed by atoms with E-state index in [4.69, 9.17) is 22.1 Å². The number of ether oxygens (including phenoxy) is 1. The highest BCUT2D eigenvalue weighted by atomic mass is 35.5. The summed E-state index contributed by atoms with van der Waals surface area (Å²) in [6.07, 6.45) is 2.94. The van der Waals surface area contributed by atoms with Gasteiger partial charge in [-0.05, 0) is 91.2 Å². The minimum absolute atomic E-state index is 0.152. The molecule has 0 radical (unpaired) electrons. The summed E-state index contributed by atoms with van der Waals surface area (Å²) in [6, 6.07) is 19.0. The quantitative estimate of drug-likeness (QED) is 0.321. The smallest absolute Gasteiger partial charge is 0.119 e. The molecular weight excluding hydrogens is 432 g/mol. The fraction of sp³-hybridized carbons (Fsp3) is 0.333. The number of nitrogens with one attached hydrogen (secondary N) is 1. The summed E-state index contributed by atoms with van der Waals surface area (Å²) in [5.74, 6) is 1.20. The van der Waals surface area contributed by atoms with Crippen LogP contribution in [-0.2, 0) is 12.8 Å². The van der Waals surface area contributed by atoms with Gasteiger partial charge in [0, 0.05) is 28.4 Å². The van der Waals surface area contributed by atoms with E-state index in [2.05, 4.69) is 48.0 Å². The zero-order valence-corrected chi connectivity index (χ0v) is 19.5. The molecule has 0 fully saturated rings. The van der Waals surface area contributed by atoms with E-state index in [0.717, 1.165) is 36.6 Å². The van der Waals surface area contributed by atoms with Crippen LogP contribution in [0.15, 0.2) is 58.8 Å². The third-order valence-electron chi connectivity index (χ3n) is 5.49. The molecule has 0 spiro atoms. The van der Waals surface area contributed by atoms with Crippen LogP contribution >= 0.6 is 34.9 Å². The van der Waals surface area contributed by atoms with E-state index >= 15 is 0 Å². The Bertz CT molecular complexity index is 991. The number of aryl methyl sites for hydroxylation is 2. The molecule has 1 heterocycles. The van der Waals surface area contributed by atoms with Crippen LogP contribution in [0.2, 0.25) is 5.02 Å². The topological polar surface area (TPSA) is 47.3 Å². The maximum atomic E-state index is 6.54. The Morgan fingerprint density at radius 2 is 2.10 bits per heavy atom. The van der Waals surface area contributed by atoms with E-state index in [1.807, 2.05) is 18.2 Å². The van der Waals surface area contributed by atoms with Gasteiger partial charge >= 0.3 is 0 Å². The molecule has 4 rings (SSSR count). The van der Waals surface area contributed by atoms with Crippen molar-refractivity contribution in [2.45, 2.75) is 42.4 Å². The Morgan fingerprint density at radius 1 is 1.20 bits per heavy atom. The monoisotopic (exact) mass is 458 g/mol. The van der Waals surface area contributed by atoms with Gasteiger partial charge in [0.1, 0.15) is 12.4 Å². The number of halogens is 1. The van der Waals surface area contributed by atoms with Gasteiger partial charge in [-0.2, -0.15) is 0 Å². The number of benzene rings is 2. The lowest BCUT2D eigenvalue weighted by atomic mass is 9.76. The lowest BCUT2D eigenvalue weighted by Gasteiger charge is -2.32. The highest BCUT2D eigenvalue weighted by molar-refractivity contribution is 7.99. The maximum Gasteiger partial charge on any atom is 0.119 e. The predicted molar refractivity (Wildman–Crippen MR) is 129 cm³/mol. The molecule has 3 N–H and O–H groups in total. The molecule has 0 saturated heterocycles. The molecule has 0 bridgehead atoms. The number of nitrogens with two attached hydrogens (primary N) is 1. The van der Waals surface area contributed by atoms with Gasteiger partial charge in [-0.1, -0.05) is 29.8 Å². The molecule has 1 aliphatic carbocycles. The van der Waals surface area contributed by atoms with Crippen molar-refractivity contribution in [3.63, 3.8) is 0 Å². The molecule has 3 aromatic rings. The van der Waals surface area contributed by atoms with Crippen molar-refractivity contribution < 1.29 is 4.74 Å². The largest absolute Gasteiger partial charge is 0.492 e. The van der Waals surface area contributed by atoms with E-state index in [0.29, 0.717) is 6.61 Å². The third kappa shape index (κ3) is 5.59. The number of rotatable bonds is 8. The lowest BCUT2D eigenvalue weighted by molar-refractivity contribution is 0.323. The SMILES string of the molecule is Cc1ccc(SNCCOc2ccc3c(c2)C(Cc2cccc(Cl)c2)C(N)CC3)s1. The molecular formula is C24H27ClN2OS2. The fourth-order valence-electron chi connectivity index (χ4n) is 3.97. The second kappa shape index (κ2) is 10.2. The second-order valence-corrected chi connectivity index (χ2v) is 10.6. The molecule has 1 aliphatic rings. The van der Waals surface area contributed by atoms with Crippen LogP contribution in [0.25, 0.3) is 0 Å². The number of hydrogen-bond acceptors (Lipinski definition) is 5. The first kappa shape index (κ1) is 21.7. The van der Waals surface area contributed by atoms with E-state index in [-0.39, 0.29) is 12.0 Å². The molecule has 2 atom stereocenters. The molecule has 1 aromatic heterocycles. The summed E-state index contributed by atoms with van der Waals surface area (Å²) in [4.78, 5) is 1.33. The molecule has 0 saturated carbocycles. The van der Waals surface area contributed by atoms with Crippen molar-refractivity contribution in [3.8, 4) is 5.75 Å². The van der Waals surface area contributed by atoms with E-state index < -0.39 is 0 Å². The highest BCUT2D eigenvalue weighted by Gasteiger charge is 2.27. The summed E-state index contributed by atoms with van der Waals surface area (Å²) >= 11 is 9.65. The summed E-state index contributed by atoms with van der Waals surface area (Å²) in [7, 11) is 0. The molecule has 2 aromatic carbocycles. The van der Waals surface area contributed by atoms with Crippen LogP contribution in [0.3, 0.4) is 0 Å². The van der Waals surface area contributed by atoms with Gasteiger partial charge in [0.05, 0.1) is 4.21 Å². The molecule has 0 aliphatic heterocycles. The van der Waals surface area contributed by atoms with E-state index in [9.17, 15) is 0 Å². The van der Waals surface area contributed by atoms with Crippen LogP contribution < -0.4 is 15.2 Å². The van der Waals surface area contributed by atoms with Crippen LogP contribution in [0.4, 0.5) is 0 Å². The summed E-state index contributed by atoms with van der Waals surface area (Å²) in [5.41, 5.74) is 10.5. The van der Waals surface area contributed by atoms with E-state index in [1.54, 1.807) is 23.3 Å². The molecule has 158 valence electrons. The number of fused-ring (bicyclic) bond motifs is 1. The molecule has 30 heavy (non-hydrogen) atoms. The molecule has 2 unspecified atom stereocenters. The van der Waals surface area contributed by atoms with Gasteiger partial charge < -0.3 is 10.5 Å². The maximum absolute atomic E-state index is 6.54. The minimum atomic E-state index is 0.152. The third-order valence-corrected chi connectivity index (χ3v) is 7.70. The fourth-order valence-corrected chi connectivity index (χ4v) is 5.97. The van der Waals surface area contributed by atoms with Gasteiger partial charge in [-0.3, -0.25) is 4.72 Å². The van der Waals surface area contributed by atoms with Gasteiger partial charge in [-0.25, -0.2) is 0 Å². The van der Waals surface area contributed by atoms with Crippen molar-refractivity contribution in [3.05, 3.63) is 81.2 Å². The Labute approximate surface area is 192 Å². The normalized spacial score (nSPS) is 18.2. The van der Waals surface area contributed by atoms with Crippen molar-refractivity contribution >= 4 is 34.9 Å². The second-order valence-electron chi connectivity index (χ2n) is 7.71. The Balaban J connectivity index is 1.37. The van der Waals surface area contributed by atoms with Crippen LogP contribution in [0, 0.1) is 6.92 Å². The first-order chi connectivity index (χ1) is 14.6. The van der Waals surface area contributed by atoms with Crippen molar-refractivity contribution in [1.29, 1.82) is 0 Å². The first-order valence-corrected chi connectivity index (χ1v) is 12.3. The summed E-state index contributed by atoms with van der Waals surface area (Å²) < 4.78 is 10.7. The van der Waals surface area contributed by atoms with Gasteiger partial charge in [0.15, 0.2) is 0 Å². The Hall–Kier alpha value is -1.50. The standard InChI is InChI=1S/C24H27ClN2OS2/c1-16-5-10-24(29-16)30-27-11-12-28-20-8-6-18-7-9-23(26)22(21(18)15-20)14-17-3-2-4-19(25)13-17/h2-6,8,10,13,15,22-23,27H,7,9,11-12,14,26H2,1H3. The van der Waals surface area contributed by atoms with Gasteiger partial charge in [0.25, 0.3) is 0 Å². The zero-order chi connectivity index (χ0) is 20.9. The summed E-state index contributed by atoms with van der Waals surface area (Å²) in [6.45, 7) is 3.53. The van der Waals surface area contributed by atoms with Crippen molar-refractivity contribution in [2.24, 2.45) is 5.73 Å². The van der Waals surface area contributed by atoms with E-state index in [1.165, 1.54) is 25.8 Å². The van der Waals surface area contributed by atoms with Crippen LogP contribution in [0.5, 0.6) is 5.75 Å². The zero-order valence-electron chi connectivity index (χ0n) is 17.1. The van der Waals surface area contributed by atoms with Gasteiger partial charge in [0.2, 0.25) is 0 Å². The lowest BCUT2D eigenvalue weighted by Crippen LogP contribution is -2.34. The highest BCUT2D eigenvalue weighted by Crippen LogP contribution is 2.36. The predicted octanol–water partition coefficient (Wildman–Crippen LogP) is 5.99. The minimum Gasteiger partial charge on any atom is -0.492 e. The summed E-state index contributed by atoms with van der Waals surface area (Å²) in [5, 5.41) is 0.775. The van der Waals surface area contributed by atoms with Crippen molar-refractivity contribution in [2.75, 3.05) is 13.2 Å². The van der Waals surface area contributed by atoms with Crippen LogP contribution in [-0.4, -0.2) is 19.2 Å². The number of thiophene rings is 1. The average Bonchev–Trinajstić information content (AvgIpc) is 3.15. The van der Waals surface area contributed by atoms with Crippen LogP contribution in [0.1, 0.15) is 33.9 Å². The first-order valence-electron chi connectivity index (χ1n) is 10.3. The molecule has 0 amide bonds.